The van der Waals surface area contributed by atoms with Crippen molar-refractivity contribution >= 4 is 33.9 Å². The van der Waals surface area contributed by atoms with Gasteiger partial charge in [0.05, 0.1) is 0 Å². The molecule has 5 heteroatoms. The van der Waals surface area contributed by atoms with Crippen LogP contribution in [0.3, 0.4) is 0 Å². The third kappa shape index (κ3) is 3.17. The van der Waals surface area contributed by atoms with E-state index >= 15 is 0 Å². The molecule has 1 amide bonds. The van der Waals surface area contributed by atoms with E-state index < -0.39 is 24.5 Å². The number of nitrogens with one attached hydrogen (secondary N) is 1. The molecule has 0 saturated carbocycles. The van der Waals surface area contributed by atoms with E-state index in [0.717, 1.165) is 0 Å². The van der Waals surface area contributed by atoms with Crippen LogP contribution in [-0.2, 0) is 0 Å². The van der Waals surface area contributed by atoms with Gasteiger partial charge in [0, 0.05) is 0 Å². The first-order valence-electron chi connectivity index (χ1n) is 4.36. The standard InChI is InChI=1S/C6H5N2O2.3CH3.Sn/c9-6(10)8-5-3-1-2-4-7-5;;;;/h2-4H,(H,7,8)(H,9,10);3*1H3;. The van der Waals surface area contributed by atoms with E-state index in [-0.39, 0.29) is 0 Å². The van der Waals surface area contributed by atoms with Gasteiger partial charge in [-0.25, -0.2) is 0 Å². The van der Waals surface area contributed by atoms with E-state index in [1.807, 2.05) is 12.1 Å². The van der Waals surface area contributed by atoms with Gasteiger partial charge in [0.15, 0.2) is 0 Å². The van der Waals surface area contributed by atoms with Crippen LogP contribution < -0.4 is 8.90 Å². The summed E-state index contributed by atoms with van der Waals surface area (Å²) in [5, 5.41) is 10.8. The molecule has 0 fully saturated rings. The molecule has 0 radical (unpaired) electrons. The fourth-order valence-corrected chi connectivity index (χ4v) is 4.34. The summed E-state index contributed by atoms with van der Waals surface area (Å²) in [6.45, 7) is 0. The molecule has 1 aromatic heterocycles. The SMILES string of the molecule is [CH3][Sn]([CH3])([CH3])[c]1ccnc(NC(=O)O)c1. The molecule has 0 saturated heterocycles. The van der Waals surface area contributed by atoms with Crippen LogP contribution in [0, 0.1) is 0 Å². The summed E-state index contributed by atoms with van der Waals surface area (Å²) in [7, 11) is 0. The molecular weight excluding hydrogens is 287 g/mol. The molecule has 1 aromatic rings. The number of hydrogen-bond acceptors (Lipinski definition) is 2. The number of hydrogen-bond donors (Lipinski definition) is 2. The van der Waals surface area contributed by atoms with Gasteiger partial charge in [-0.15, -0.1) is 0 Å². The summed E-state index contributed by atoms with van der Waals surface area (Å²) in [6, 6.07) is 3.81. The minimum atomic E-state index is -2.10. The third-order valence-electron chi connectivity index (χ3n) is 1.86. The van der Waals surface area contributed by atoms with E-state index in [1.165, 1.54) is 3.58 Å². The molecule has 1 heterocycles. The molecule has 4 nitrogen and oxygen atoms in total. The monoisotopic (exact) mass is 302 g/mol. The van der Waals surface area contributed by atoms with Gasteiger partial charge >= 0.3 is 87.2 Å². The number of rotatable bonds is 2. The molecule has 0 aliphatic rings. The van der Waals surface area contributed by atoms with Crippen molar-refractivity contribution in [3.8, 4) is 0 Å². The molecule has 14 heavy (non-hydrogen) atoms. The van der Waals surface area contributed by atoms with Crippen molar-refractivity contribution in [2.45, 2.75) is 14.8 Å². The van der Waals surface area contributed by atoms with Crippen molar-refractivity contribution < 1.29 is 9.90 Å². The number of anilines is 1. The molecule has 0 aliphatic heterocycles. The average molecular weight is 301 g/mol. The first-order valence-corrected chi connectivity index (χ1v) is 14.3. The first-order chi connectivity index (χ1) is 6.39. The number of amides is 1. The minimum absolute atomic E-state index is 0.418. The Morgan fingerprint density at radius 1 is 1.50 bits per heavy atom. The van der Waals surface area contributed by atoms with Crippen molar-refractivity contribution in [2.24, 2.45) is 0 Å². The number of pyridine rings is 1. The topological polar surface area (TPSA) is 62.2 Å². The van der Waals surface area contributed by atoms with E-state index in [2.05, 4.69) is 25.1 Å². The molecule has 0 aromatic carbocycles. The molecule has 0 unspecified atom stereocenters. The molecule has 0 atom stereocenters. The first kappa shape index (κ1) is 11.3. The Morgan fingerprint density at radius 2 is 2.14 bits per heavy atom. The summed E-state index contributed by atoms with van der Waals surface area (Å²) in [5.41, 5.74) is 0. The van der Waals surface area contributed by atoms with Gasteiger partial charge in [0.1, 0.15) is 0 Å². The summed E-state index contributed by atoms with van der Waals surface area (Å²) >= 11 is -2.10. The molecule has 76 valence electrons. The van der Waals surface area contributed by atoms with Crippen LogP contribution >= 0.6 is 0 Å². The summed E-state index contributed by atoms with van der Waals surface area (Å²) in [5.74, 6) is 0.418. The molecule has 0 bridgehead atoms. The van der Waals surface area contributed by atoms with E-state index in [1.54, 1.807) is 6.20 Å². The molecule has 0 spiro atoms. The summed E-state index contributed by atoms with van der Waals surface area (Å²) in [6.07, 6.45) is 0.585. The predicted molar refractivity (Wildman–Crippen MR) is 58.9 cm³/mol. The van der Waals surface area contributed by atoms with Gasteiger partial charge in [-0.1, -0.05) is 0 Å². The normalized spacial score (nSPS) is 11.1. The number of aromatic nitrogens is 1. The van der Waals surface area contributed by atoms with Crippen molar-refractivity contribution in [1.82, 2.24) is 4.98 Å². The van der Waals surface area contributed by atoms with Crippen LogP contribution in [0.1, 0.15) is 0 Å². The van der Waals surface area contributed by atoms with Crippen LogP contribution in [-0.4, -0.2) is 34.6 Å². The second-order valence-corrected chi connectivity index (χ2v) is 18.6. The fourth-order valence-electron chi connectivity index (χ4n) is 1.07. The van der Waals surface area contributed by atoms with E-state index in [0.29, 0.717) is 5.82 Å². The second-order valence-electron chi connectivity index (χ2n) is 4.11. The molecule has 1 rings (SSSR count). The van der Waals surface area contributed by atoms with Gasteiger partial charge in [-0.2, -0.15) is 0 Å². The van der Waals surface area contributed by atoms with Gasteiger partial charge in [0.2, 0.25) is 0 Å². The Kier molecular flexibility index (Phi) is 3.36. The quantitative estimate of drug-likeness (QED) is 0.818. The Bertz CT molecular complexity index is 347. The summed E-state index contributed by atoms with van der Waals surface area (Å²) < 4.78 is 1.26. The zero-order chi connectivity index (χ0) is 10.8. The third-order valence-corrected chi connectivity index (χ3v) is 7.69. The zero-order valence-corrected chi connectivity index (χ0v) is 11.4. The van der Waals surface area contributed by atoms with Crippen molar-refractivity contribution in [3.05, 3.63) is 18.3 Å². The van der Waals surface area contributed by atoms with Crippen LogP contribution in [0.15, 0.2) is 18.3 Å². The van der Waals surface area contributed by atoms with Crippen LogP contribution in [0.25, 0.3) is 0 Å². The van der Waals surface area contributed by atoms with Gasteiger partial charge in [-0.3, -0.25) is 0 Å². The molecule has 0 aliphatic carbocycles. The van der Waals surface area contributed by atoms with Crippen molar-refractivity contribution in [1.29, 1.82) is 0 Å². The van der Waals surface area contributed by atoms with Crippen LogP contribution in [0.5, 0.6) is 0 Å². The van der Waals surface area contributed by atoms with Gasteiger partial charge in [0.25, 0.3) is 0 Å². The maximum atomic E-state index is 10.4. The Morgan fingerprint density at radius 3 is 2.64 bits per heavy atom. The van der Waals surface area contributed by atoms with Gasteiger partial charge in [-0.05, 0) is 0 Å². The maximum absolute atomic E-state index is 10.4. The Balaban J connectivity index is 2.95. The number of nitrogens with zero attached hydrogens (tertiary/aromatic N) is 1. The zero-order valence-electron chi connectivity index (χ0n) is 8.53. The van der Waals surface area contributed by atoms with Crippen molar-refractivity contribution in [2.75, 3.05) is 5.32 Å². The fraction of sp³-hybridized carbons (Fsp3) is 0.333. The van der Waals surface area contributed by atoms with E-state index in [9.17, 15) is 4.79 Å². The van der Waals surface area contributed by atoms with Crippen LogP contribution in [0.2, 0.25) is 14.8 Å². The number of carboxylic acid groups (broad SMARTS) is 1. The van der Waals surface area contributed by atoms with Crippen molar-refractivity contribution in [3.63, 3.8) is 0 Å². The second kappa shape index (κ2) is 4.16. The number of carbonyl (C=O) groups is 1. The predicted octanol–water partition coefficient (Wildman–Crippen LogP) is 1.72. The van der Waals surface area contributed by atoms with Crippen LogP contribution in [0.4, 0.5) is 10.6 Å². The van der Waals surface area contributed by atoms with Gasteiger partial charge < -0.3 is 0 Å². The average Bonchev–Trinajstić information content (AvgIpc) is 2.01. The molecular formula is C9H14N2O2Sn. The Hall–Kier alpha value is -0.781. The van der Waals surface area contributed by atoms with E-state index in [4.69, 9.17) is 5.11 Å². The Labute approximate surface area is 87.2 Å². The molecule has 2 N–H and O–H groups in total. The summed E-state index contributed by atoms with van der Waals surface area (Å²) in [4.78, 5) is 21.1.